The number of carbonyl (C=O) groups excluding carboxylic acids is 1. The summed E-state index contributed by atoms with van der Waals surface area (Å²) in [5.74, 6) is 0.244. The van der Waals surface area contributed by atoms with Crippen molar-refractivity contribution in [3.8, 4) is 0 Å². The normalized spacial score (nSPS) is 22.5. The Hall–Kier alpha value is -0.530. The van der Waals surface area contributed by atoms with Gasteiger partial charge in [-0.3, -0.25) is 4.79 Å². The fourth-order valence-corrected chi connectivity index (χ4v) is 2.75. The molecule has 0 aliphatic carbocycles. The fraction of sp³-hybridized carbons (Fsp3) is 0.917. The lowest BCUT2D eigenvalue weighted by Crippen LogP contribution is -2.40. The molecule has 1 aliphatic rings. The molecule has 1 fully saturated rings. The predicted molar refractivity (Wildman–Crippen MR) is 59.1 cm³/mol. The van der Waals surface area contributed by atoms with E-state index in [1.807, 2.05) is 0 Å². The van der Waals surface area contributed by atoms with Crippen molar-refractivity contribution in [2.45, 2.75) is 65.3 Å². The van der Waals surface area contributed by atoms with E-state index in [0.717, 1.165) is 12.8 Å². The van der Waals surface area contributed by atoms with Crippen LogP contribution in [0.2, 0.25) is 0 Å². The van der Waals surface area contributed by atoms with Crippen molar-refractivity contribution in [1.82, 2.24) is 5.32 Å². The van der Waals surface area contributed by atoms with Crippen molar-refractivity contribution >= 4 is 5.91 Å². The van der Waals surface area contributed by atoms with Crippen LogP contribution >= 0.6 is 0 Å². The molecule has 0 spiro atoms. The summed E-state index contributed by atoms with van der Waals surface area (Å²) >= 11 is 0. The topological polar surface area (TPSA) is 29.1 Å². The van der Waals surface area contributed by atoms with Gasteiger partial charge in [-0.15, -0.1) is 0 Å². The maximum atomic E-state index is 11.2. The summed E-state index contributed by atoms with van der Waals surface area (Å²) in [6.07, 6.45) is 6.65. The molecule has 1 N–H and O–H groups in total. The quantitative estimate of drug-likeness (QED) is 0.721. The highest BCUT2D eigenvalue weighted by Crippen LogP contribution is 2.36. The second-order valence-corrected chi connectivity index (χ2v) is 4.81. The highest BCUT2D eigenvalue weighted by Gasteiger charge is 2.36. The molecule has 14 heavy (non-hydrogen) atoms. The van der Waals surface area contributed by atoms with Crippen LogP contribution in [0.3, 0.4) is 0 Å². The van der Waals surface area contributed by atoms with Crippen molar-refractivity contribution in [3.05, 3.63) is 0 Å². The molecular weight excluding hydrogens is 174 g/mol. The average Bonchev–Trinajstić information content (AvgIpc) is 2.53. The Kier molecular flexibility index (Phi) is 3.97. The predicted octanol–water partition coefficient (Wildman–Crippen LogP) is 2.87. The van der Waals surface area contributed by atoms with E-state index in [9.17, 15) is 4.79 Å². The molecule has 82 valence electrons. The minimum Gasteiger partial charge on any atom is -0.353 e. The van der Waals surface area contributed by atoms with Crippen molar-refractivity contribution in [2.24, 2.45) is 5.41 Å². The van der Waals surface area contributed by atoms with E-state index in [0.29, 0.717) is 11.5 Å². The molecular formula is C12H23NO. The molecule has 0 aromatic carbocycles. The number of nitrogens with one attached hydrogen (secondary N) is 1. The highest BCUT2D eigenvalue weighted by molar-refractivity contribution is 5.78. The maximum absolute atomic E-state index is 11.2. The van der Waals surface area contributed by atoms with Gasteiger partial charge >= 0.3 is 0 Å². The van der Waals surface area contributed by atoms with E-state index in [2.05, 4.69) is 26.1 Å². The third kappa shape index (κ3) is 2.49. The standard InChI is InChI=1S/C12H23NO/c1-4-8-12(3,9-5-2)10-6-7-11(14)13-10/h10H,4-9H2,1-3H3,(H,13,14). The SMILES string of the molecule is CCCC(C)(CCC)C1CCC(=O)N1. The van der Waals surface area contributed by atoms with Gasteiger partial charge in [-0.2, -0.15) is 0 Å². The zero-order chi connectivity index (χ0) is 10.6. The summed E-state index contributed by atoms with van der Waals surface area (Å²) in [5, 5.41) is 3.13. The van der Waals surface area contributed by atoms with E-state index in [-0.39, 0.29) is 5.91 Å². The summed E-state index contributed by atoms with van der Waals surface area (Å²) in [6, 6.07) is 0.426. The Balaban J connectivity index is 2.61. The molecule has 1 atom stereocenters. The van der Waals surface area contributed by atoms with Crippen LogP contribution in [0.5, 0.6) is 0 Å². The zero-order valence-corrected chi connectivity index (χ0v) is 9.73. The first kappa shape index (κ1) is 11.5. The largest absolute Gasteiger partial charge is 0.353 e. The van der Waals surface area contributed by atoms with Crippen LogP contribution in [-0.4, -0.2) is 11.9 Å². The van der Waals surface area contributed by atoms with Gasteiger partial charge in [-0.1, -0.05) is 33.6 Å². The van der Waals surface area contributed by atoms with Gasteiger partial charge in [0, 0.05) is 12.5 Å². The molecule has 0 saturated carbocycles. The third-order valence-corrected chi connectivity index (χ3v) is 3.48. The molecule has 0 bridgehead atoms. The van der Waals surface area contributed by atoms with Crippen molar-refractivity contribution < 1.29 is 4.79 Å². The number of hydrogen-bond acceptors (Lipinski definition) is 1. The molecule has 1 amide bonds. The van der Waals surface area contributed by atoms with Gasteiger partial charge in [-0.05, 0) is 24.7 Å². The van der Waals surface area contributed by atoms with Gasteiger partial charge in [0.2, 0.25) is 5.91 Å². The van der Waals surface area contributed by atoms with E-state index in [1.54, 1.807) is 0 Å². The summed E-state index contributed by atoms with van der Waals surface area (Å²) in [4.78, 5) is 11.2. The number of carbonyl (C=O) groups is 1. The maximum Gasteiger partial charge on any atom is 0.220 e. The molecule has 2 nitrogen and oxygen atoms in total. The molecule has 2 heteroatoms. The molecule has 0 aromatic rings. The van der Waals surface area contributed by atoms with E-state index in [1.165, 1.54) is 25.7 Å². The first-order valence-electron chi connectivity index (χ1n) is 5.91. The molecule has 0 aromatic heterocycles. The average molecular weight is 197 g/mol. The zero-order valence-electron chi connectivity index (χ0n) is 9.73. The van der Waals surface area contributed by atoms with Gasteiger partial charge in [0.05, 0.1) is 0 Å². The molecule has 1 rings (SSSR count). The van der Waals surface area contributed by atoms with Crippen LogP contribution in [0.4, 0.5) is 0 Å². The van der Waals surface area contributed by atoms with Crippen molar-refractivity contribution in [3.63, 3.8) is 0 Å². The summed E-state index contributed by atoms with van der Waals surface area (Å²) in [6.45, 7) is 6.78. The minimum atomic E-state index is 0.244. The van der Waals surface area contributed by atoms with Crippen molar-refractivity contribution in [2.75, 3.05) is 0 Å². The molecule has 1 heterocycles. The Bertz CT molecular complexity index is 194. The molecule has 1 aliphatic heterocycles. The Morgan fingerprint density at radius 3 is 2.29 bits per heavy atom. The van der Waals surface area contributed by atoms with Gasteiger partial charge < -0.3 is 5.32 Å². The second-order valence-electron chi connectivity index (χ2n) is 4.81. The monoisotopic (exact) mass is 197 g/mol. The lowest BCUT2D eigenvalue weighted by molar-refractivity contribution is -0.119. The molecule has 1 saturated heterocycles. The molecule has 0 radical (unpaired) electrons. The second kappa shape index (κ2) is 4.81. The Morgan fingerprint density at radius 1 is 1.36 bits per heavy atom. The number of hydrogen-bond donors (Lipinski definition) is 1. The van der Waals surface area contributed by atoms with Crippen LogP contribution in [0.25, 0.3) is 0 Å². The number of rotatable bonds is 5. The lowest BCUT2D eigenvalue weighted by Gasteiger charge is -2.35. The lowest BCUT2D eigenvalue weighted by atomic mass is 9.74. The van der Waals surface area contributed by atoms with E-state index < -0.39 is 0 Å². The first-order valence-corrected chi connectivity index (χ1v) is 5.91. The van der Waals surface area contributed by atoms with E-state index in [4.69, 9.17) is 0 Å². The van der Waals surface area contributed by atoms with Crippen LogP contribution in [0.15, 0.2) is 0 Å². The van der Waals surface area contributed by atoms with Crippen LogP contribution < -0.4 is 5.32 Å². The van der Waals surface area contributed by atoms with Crippen LogP contribution in [-0.2, 0) is 4.79 Å². The third-order valence-electron chi connectivity index (χ3n) is 3.48. The van der Waals surface area contributed by atoms with Gasteiger partial charge in [0.25, 0.3) is 0 Å². The van der Waals surface area contributed by atoms with E-state index >= 15 is 0 Å². The first-order chi connectivity index (χ1) is 6.62. The Morgan fingerprint density at radius 2 is 1.93 bits per heavy atom. The molecule has 1 unspecified atom stereocenters. The van der Waals surface area contributed by atoms with Gasteiger partial charge in [0.1, 0.15) is 0 Å². The summed E-state index contributed by atoms with van der Waals surface area (Å²) < 4.78 is 0. The van der Waals surface area contributed by atoms with Crippen LogP contribution in [0.1, 0.15) is 59.3 Å². The Labute approximate surface area is 87.5 Å². The van der Waals surface area contributed by atoms with Crippen molar-refractivity contribution in [1.29, 1.82) is 0 Å². The fourth-order valence-electron chi connectivity index (χ4n) is 2.75. The van der Waals surface area contributed by atoms with Crippen LogP contribution in [0, 0.1) is 5.41 Å². The van der Waals surface area contributed by atoms with Gasteiger partial charge in [-0.25, -0.2) is 0 Å². The highest BCUT2D eigenvalue weighted by atomic mass is 16.1. The van der Waals surface area contributed by atoms with Gasteiger partial charge in [0.15, 0.2) is 0 Å². The number of amides is 1. The summed E-state index contributed by atoms with van der Waals surface area (Å²) in [5.41, 5.74) is 0.329. The summed E-state index contributed by atoms with van der Waals surface area (Å²) in [7, 11) is 0. The smallest absolute Gasteiger partial charge is 0.220 e. The minimum absolute atomic E-state index is 0.244.